The molecule has 1 heterocycles. The van der Waals surface area contributed by atoms with E-state index in [2.05, 4.69) is 4.98 Å². The monoisotopic (exact) mass is 296 g/mol. The molecule has 0 radical (unpaired) electrons. The molecule has 0 aliphatic heterocycles. The van der Waals surface area contributed by atoms with Gasteiger partial charge in [-0.25, -0.2) is 4.98 Å². The molecule has 0 bridgehead atoms. The minimum Gasteiger partial charge on any atom is -0.481 e. The molecule has 0 saturated heterocycles. The summed E-state index contributed by atoms with van der Waals surface area (Å²) in [4.78, 5) is 14.9. The van der Waals surface area contributed by atoms with Gasteiger partial charge >= 0.3 is 5.97 Å². The van der Waals surface area contributed by atoms with Gasteiger partial charge in [0, 0.05) is 17.8 Å². The quantitative estimate of drug-likeness (QED) is 0.862. The molecule has 0 aliphatic rings. The highest BCUT2D eigenvalue weighted by molar-refractivity contribution is 7.99. The molecular weight excluding hydrogens is 284 g/mol. The van der Waals surface area contributed by atoms with Crippen molar-refractivity contribution in [2.45, 2.75) is 18.6 Å². The van der Waals surface area contributed by atoms with E-state index in [1.807, 2.05) is 42.0 Å². The van der Waals surface area contributed by atoms with E-state index in [1.165, 1.54) is 11.8 Å². The molecule has 0 amide bonds. The predicted octanol–water partition coefficient (Wildman–Crippen LogP) is 3.07. The number of halogens is 1. The van der Waals surface area contributed by atoms with Crippen LogP contribution < -0.4 is 0 Å². The van der Waals surface area contributed by atoms with Crippen LogP contribution in [-0.4, -0.2) is 26.4 Å². The number of carboxylic acid groups (broad SMARTS) is 1. The first kappa shape index (κ1) is 14.0. The van der Waals surface area contributed by atoms with E-state index < -0.39 is 5.97 Å². The van der Waals surface area contributed by atoms with Crippen LogP contribution in [0.1, 0.15) is 11.3 Å². The third kappa shape index (κ3) is 4.01. The van der Waals surface area contributed by atoms with Gasteiger partial charge in [0.25, 0.3) is 0 Å². The lowest BCUT2D eigenvalue weighted by atomic mass is 10.2. The smallest absolute Gasteiger partial charge is 0.313 e. The second kappa shape index (κ2) is 6.12. The lowest BCUT2D eigenvalue weighted by Gasteiger charge is -2.06. The molecule has 1 N–H and O–H groups in total. The average molecular weight is 297 g/mol. The maximum absolute atomic E-state index is 10.6. The van der Waals surface area contributed by atoms with E-state index >= 15 is 0 Å². The number of nitrogens with zero attached hydrogens (tertiary/aromatic N) is 2. The molecule has 2 aromatic rings. The van der Waals surface area contributed by atoms with E-state index in [-0.39, 0.29) is 5.75 Å². The van der Waals surface area contributed by atoms with Crippen LogP contribution in [0.5, 0.6) is 0 Å². The van der Waals surface area contributed by atoms with Crippen LogP contribution in [0, 0.1) is 6.92 Å². The topological polar surface area (TPSA) is 55.1 Å². The summed E-state index contributed by atoms with van der Waals surface area (Å²) in [7, 11) is 0. The number of aliphatic carboxylic acids is 1. The number of rotatable bonds is 5. The van der Waals surface area contributed by atoms with Gasteiger partial charge in [-0.1, -0.05) is 35.5 Å². The van der Waals surface area contributed by atoms with Crippen LogP contribution in [0.2, 0.25) is 5.02 Å². The lowest BCUT2D eigenvalue weighted by molar-refractivity contribution is -0.133. The number of carboxylic acids is 1. The second-order valence-electron chi connectivity index (χ2n) is 4.10. The minimum absolute atomic E-state index is 0.0110. The summed E-state index contributed by atoms with van der Waals surface area (Å²) in [6.45, 7) is 2.54. The van der Waals surface area contributed by atoms with Gasteiger partial charge in [-0.05, 0) is 24.6 Å². The van der Waals surface area contributed by atoms with Gasteiger partial charge in [0.2, 0.25) is 0 Å². The van der Waals surface area contributed by atoms with E-state index in [4.69, 9.17) is 16.7 Å². The Labute approximate surface area is 120 Å². The number of hydrogen-bond donors (Lipinski definition) is 1. The molecular formula is C13H13ClN2O2S. The molecule has 1 aromatic carbocycles. The predicted molar refractivity (Wildman–Crippen MR) is 75.9 cm³/mol. The SMILES string of the molecule is Cc1cn(Cc2ccc(Cl)cc2)c(SCC(=O)O)n1. The normalized spacial score (nSPS) is 10.6. The van der Waals surface area contributed by atoms with Crippen molar-refractivity contribution in [3.63, 3.8) is 0 Å². The second-order valence-corrected chi connectivity index (χ2v) is 5.48. The van der Waals surface area contributed by atoms with E-state index in [9.17, 15) is 4.79 Å². The molecule has 0 fully saturated rings. The fraction of sp³-hybridized carbons (Fsp3) is 0.231. The highest BCUT2D eigenvalue weighted by Gasteiger charge is 2.09. The van der Waals surface area contributed by atoms with Crippen molar-refractivity contribution in [1.82, 2.24) is 9.55 Å². The zero-order valence-corrected chi connectivity index (χ0v) is 11.9. The molecule has 0 atom stereocenters. The van der Waals surface area contributed by atoms with Gasteiger partial charge < -0.3 is 9.67 Å². The summed E-state index contributed by atoms with van der Waals surface area (Å²) in [5.74, 6) is -0.833. The van der Waals surface area contributed by atoms with E-state index in [0.29, 0.717) is 11.6 Å². The molecule has 0 spiro atoms. The molecule has 19 heavy (non-hydrogen) atoms. The number of hydrogen-bond acceptors (Lipinski definition) is 3. The zero-order chi connectivity index (χ0) is 13.8. The van der Waals surface area contributed by atoms with Gasteiger partial charge in [0.15, 0.2) is 5.16 Å². The maximum Gasteiger partial charge on any atom is 0.313 e. The molecule has 0 saturated carbocycles. The van der Waals surface area contributed by atoms with Crippen molar-refractivity contribution in [3.05, 3.63) is 46.7 Å². The van der Waals surface area contributed by atoms with Gasteiger partial charge in [-0.2, -0.15) is 0 Å². The number of aromatic nitrogens is 2. The number of thioether (sulfide) groups is 1. The van der Waals surface area contributed by atoms with Gasteiger partial charge in [-0.3, -0.25) is 4.79 Å². The van der Waals surface area contributed by atoms with E-state index in [0.717, 1.165) is 16.4 Å². The number of carbonyl (C=O) groups is 1. The third-order valence-corrected chi connectivity index (χ3v) is 3.68. The van der Waals surface area contributed by atoms with Gasteiger partial charge in [0.05, 0.1) is 11.4 Å². The van der Waals surface area contributed by atoms with Gasteiger partial charge in [-0.15, -0.1) is 0 Å². The first-order valence-corrected chi connectivity index (χ1v) is 7.04. The Balaban J connectivity index is 2.15. The van der Waals surface area contributed by atoms with Crippen molar-refractivity contribution in [2.24, 2.45) is 0 Å². The zero-order valence-electron chi connectivity index (χ0n) is 10.3. The molecule has 6 heteroatoms. The molecule has 100 valence electrons. The first-order chi connectivity index (χ1) is 9.04. The summed E-state index contributed by atoms with van der Waals surface area (Å²) in [6.07, 6.45) is 1.92. The summed E-state index contributed by atoms with van der Waals surface area (Å²) in [5.41, 5.74) is 1.97. The molecule has 0 aliphatic carbocycles. The highest BCUT2D eigenvalue weighted by atomic mass is 35.5. The minimum atomic E-state index is -0.844. The van der Waals surface area contributed by atoms with Crippen LogP contribution >= 0.6 is 23.4 Å². The van der Waals surface area contributed by atoms with Crippen LogP contribution in [0.3, 0.4) is 0 Å². The number of imidazole rings is 1. The highest BCUT2D eigenvalue weighted by Crippen LogP contribution is 2.19. The Morgan fingerprint density at radius 1 is 1.42 bits per heavy atom. The first-order valence-electron chi connectivity index (χ1n) is 5.67. The number of aryl methyl sites for hydroxylation is 1. The number of benzene rings is 1. The van der Waals surface area contributed by atoms with Crippen LogP contribution in [0.15, 0.2) is 35.6 Å². The van der Waals surface area contributed by atoms with Crippen molar-refractivity contribution < 1.29 is 9.90 Å². The Kier molecular flexibility index (Phi) is 4.50. The van der Waals surface area contributed by atoms with Crippen LogP contribution in [0.25, 0.3) is 0 Å². The van der Waals surface area contributed by atoms with Crippen LogP contribution in [0.4, 0.5) is 0 Å². The Morgan fingerprint density at radius 3 is 2.74 bits per heavy atom. The third-order valence-electron chi connectivity index (χ3n) is 2.45. The Bertz CT molecular complexity index is 581. The average Bonchev–Trinajstić information content (AvgIpc) is 2.70. The van der Waals surface area contributed by atoms with Crippen molar-refractivity contribution in [2.75, 3.05) is 5.75 Å². The van der Waals surface area contributed by atoms with Crippen molar-refractivity contribution >= 4 is 29.3 Å². The summed E-state index contributed by atoms with van der Waals surface area (Å²) < 4.78 is 1.95. The van der Waals surface area contributed by atoms with Crippen LogP contribution in [-0.2, 0) is 11.3 Å². The lowest BCUT2D eigenvalue weighted by Crippen LogP contribution is -2.03. The van der Waals surface area contributed by atoms with Crippen molar-refractivity contribution in [3.8, 4) is 0 Å². The molecule has 2 rings (SSSR count). The Hall–Kier alpha value is -1.46. The largest absolute Gasteiger partial charge is 0.481 e. The maximum atomic E-state index is 10.6. The fourth-order valence-corrected chi connectivity index (χ4v) is 2.54. The summed E-state index contributed by atoms with van der Waals surface area (Å²) in [5, 5.41) is 10.1. The molecule has 0 unspecified atom stereocenters. The summed E-state index contributed by atoms with van der Waals surface area (Å²) in [6, 6.07) is 7.57. The Morgan fingerprint density at radius 2 is 2.11 bits per heavy atom. The fourth-order valence-electron chi connectivity index (χ4n) is 1.67. The summed E-state index contributed by atoms with van der Waals surface area (Å²) >= 11 is 7.07. The standard InChI is InChI=1S/C13H13ClN2O2S/c1-9-6-16(13(15-9)19-8-12(17)18)7-10-2-4-11(14)5-3-10/h2-6H,7-8H2,1H3,(H,17,18). The van der Waals surface area contributed by atoms with E-state index in [1.54, 1.807) is 0 Å². The molecule has 1 aromatic heterocycles. The van der Waals surface area contributed by atoms with Gasteiger partial charge in [0.1, 0.15) is 0 Å². The van der Waals surface area contributed by atoms with Crippen molar-refractivity contribution in [1.29, 1.82) is 0 Å². The molecule has 4 nitrogen and oxygen atoms in total.